The van der Waals surface area contributed by atoms with Crippen molar-refractivity contribution in [3.63, 3.8) is 0 Å². The summed E-state index contributed by atoms with van der Waals surface area (Å²) in [6, 6.07) is 10.3. The molecule has 0 radical (unpaired) electrons. The van der Waals surface area contributed by atoms with Gasteiger partial charge in [0.05, 0.1) is 11.3 Å². The number of amides is 1. The van der Waals surface area contributed by atoms with Crippen molar-refractivity contribution in [3.05, 3.63) is 71.7 Å². The molecule has 1 aliphatic rings. The smallest absolute Gasteiger partial charge is 0.350 e. The van der Waals surface area contributed by atoms with Gasteiger partial charge in [0, 0.05) is 39.0 Å². The van der Waals surface area contributed by atoms with Crippen molar-refractivity contribution in [1.82, 2.24) is 10.3 Å². The van der Waals surface area contributed by atoms with Crippen molar-refractivity contribution < 1.29 is 23.9 Å². The number of rotatable bonds is 5. The number of para-hydroxylation sites is 1. The lowest BCUT2D eigenvalue weighted by Gasteiger charge is -2.29. The van der Waals surface area contributed by atoms with Gasteiger partial charge in [-0.1, -0.05) is 18.2 Å². The average molecular weight is 381 g/mol. The maximum atomic E-state index is 12.5. The van der Waals surface area contributed by atoms with Crippen molar-refractivity contribution in [2.45, 2.75) is 26.2 Å². The fourth-order valence-corrected chi connectivity index (χ4v) is 2.52. The number of pyridine rings is 1. The largest absolute Gasteiger partial charge is 0.419 e. The van der Waals surface area contributed by atoms with E-state index in [4.69, 9.17) is 9.47 Å². The van der Waals surface area contributed by atoms with Crippen LogP contribution in [0.15, 0.2) is 60.6 Å². The number of hydrogen-bond acceptors (Lipinski definition) is 7. The highest BCUT2D eigenvalue weighted by Gasteiger charge is 2.39. The molecule has 28 heavy (non-hydrogen) atoms. The Morgan fingerprint density at radius 3 is 2.50 bits per heavy atom. The number of anilines is 1. The van der Waals surface area contributed by atoms with Gasteiger partial charge in [0.1, 0.15) is 0 Å². The van der Waals surface area contributed by atoms with E-state index in [1.807, 2.05) is 6.07 Å². The Morgan fingerprint density at radius 2 is 1.82 bits per heavy atom. The van der Waals surface area contributed by atoms with Crippen LogP contribution in [0.2, 0.25) is 0 Å². The molecule has 1 amide bonds. The Kier molecular flexibility index (Phi) is 5.39. The zero-order chi connectivity index (χ0) is 20.1. The summed E-state index contributed by atoms with van der Waals surface area (Å²) in [6.07, 6.45) is 4.49. The zero-order valence-electron chi connectivity index (χ0n) is 15.4. The number of aromatic nitrogens is 1. The van der Waals surface area contributed by atoms with Gasteiger partial charge < -0.3 is 20.1 Å². The molecule has 0 atom stereocenters. The van der Waals surface area contributed by atoms with E-state index in [1.165, 1.54) is 20.0 Å². The number of benzene rings is 1. The van der Waals surface area contributed by atoms with Crippen molar-refractivity contribution in [1.29, 1.82) is 0 Å². The summed E-state index contributed by atoms with van der Waals surface area (Å²) in [5.74, 6) is -3.23. The highest BCUT2D eigenvalue weighted by atomic mass is 16.7. The second kappa shape index (κ2) is 7.91. The second-order valence-electron chi connectivity index (χ2n) is 6.47. The summed E-state index contributed by atoms with van der Waals surface area (Å²) in [4.78, 5) is 40.5. The molecule has 2 N–H and O–H groups in total. The van der Waals surface area contributed by atoms with Gasteiger partial charge in [0.15, 0.2) is 5.57 Å². The Balaban J connectivity index is 1.73. The Bertz CT molecular complexity index is 916. The molecule has 0 saturated carbocycles. The Morgan fingerprint density at radius 1 is 1.11 bits per heavy atom. The summed E-state index contributed by atoms with van der Waals surface area (Å²) < 4.78 is 10.1. The number of nitrogens with zero attached hydrogens (tertiary/aromatic N) is 1. The van der Waals surface area contributed by atoms with Crippen molar-refractivity contribution >= 4 is 23.5 Å². The molecule has 8 nitrogen and oxygen atoms in total. The summed E-state index contributed by atoms with van der Waals surface area (Å²) in [5, 5.41) is 5.61. The topological polar surface area (TPSA) is 107 Å². The maximum Gasteiger partial charge on any atom is 0.350 e. The van der Waals surface area contributed by atoms with Crippen molar-refractivity contribution in [3.8, 4) is 0 Å². The van der Waals surface area contributed by atoms with Crippen LogP contribution in [0.1, 0.15) is 29.8 Å². The molecule has 1 aliphatic heterocycles. The van der Waals surface area contributed by atoms with Crippen LogP contribution >= 0.6 is 0 Å². The van der Waals surface area contributed by atoms with E-state index >= 15 is 0 Å². The number of ether oxygens (including phenoxy) is 2. The van der Waals surface area contributed by atoms with Crippen LogP contribution in [0.3, 0.4) is 0 Å². The fraction of sp³-hybridized carbons (Fsp3) is 0.200. The Hall–Kier alpha value is -3.68. The molecular weight excluding hydrogens is 362 g/mol. The predicted octanol–water partition coefficient (Wildman–Crippen LogP) is 2.14. The van der Waals surface area contributed by atoms with Gasteiger partial charge in [-0.15, -0.1) is 0 Å². The molecule has 1 aromatic heterocycles. The van der Waals surface area contributed by atoms with E-state index in [0.29, 0.717) is 17.8 Å². The van der Waals surface area contributed by atoms with Crippen molar-refractivity contribution in [2.75, 3.05) is 5.32 Å². The second-order valence-corrected chi connectivity index (χ2v) is 6.47. The van der Waals surface area contributed by atoms with E-state index in [0.717, 1.165) is 5.56 Å². The van der Waals surface area contributed by atoms with E-state index in [-0.39, 0.29) is 11.5 Å². The van der Waals surface area contributed by atoms with Gasteiger partial charge in [0.25, 0.3) is 11.7 Å². The van der Waals surface area contributed by atoms with E-state index < -0.39 is 17.7 Å². The van der Waals surface area contributed by atoms with Crippen LogP contribution in [0, 0.1) is 0 Å². The van der Waals surface area contributed by atoms with Gasteiger partial charge in [0.2, 0.25) is 0 Å². The van der Waals surface area contributed by atoms with Crippen LogP contribution in [0.25, 0.3) is 0 Å². The first-order valence-electron chi connectivity index (χ1n) is 8.55. The monoisotopic (exact) mass is 381 g/mol. The van der Waals surface area contributed by atoms with Gasteiger partial charge in [-0.3, -0.25) is 9.78 Å². The minimum Gasteiger partial charge on any atom is -0.419 e. The van der Waals surface area contributed by atoms with Crippen LogP contribution in [-0.2, 0) is 25.6 Å². The molecule has 3 rings (SSSR count). The number of carbonyl (C=O) groups is 3. The minimum atomic E-state index is -1.31. The molecule has 144 valence electrons. The third kappa shape index (κ3) is 4.53. The fourth-order valence-electron chi connectivity index (χ4n) is 2.52. The molecule has 0 unspecified atom stereocenters. The highest BCUT2D eigenvalue weighted by molar-refractivity contribution is 6.15. The summed E-state index contributed by atoms with van der Waals surface area (Å²) in [5.41, 5.74) is 1.34. The highest BCUT2D eigenvalue weighted by Crippen LogP contribution is 2.23. The van der Waals surface area contributed by atoms with Crippen LogP contribution in [0.4, 0.5) is 5.69 Å². The lowest BCUT2D eigenvalue weighted by molar-refractivity contribution is -0.222. The third-order valence-corrected chi connectivity index (χ3v) is 3.84. The third-order valence-electron chi connectivity index (χ3n) is 3.84. The average Bonchev–Trinajstić information content (AvgIpc) is 2.65. The van der Waals surface area contributed by atoms with E-state index in [2.05, 4.69) is 15.6 Å². The maximum absolute atomic E-state index is 12.5. The first-order chi connectivity index (χ1) is 13.4. The van der Waals surface area contributed by atoms with E-state index in [1.54, 1.807) is 42.7 Å². The number of hydrogen-bond donors (Lipinski definition) is 2. The number of nitrogens with one attached hydrogen (secondary N) is 2. The van der Waals surface area contributed by atoms with Gasteiger partial charge in [-0.05, 0) is 23.8 Å². The molecule has 1 saturated heterocycles. The summed E-state index contributed by atoms with van der Waals surface area (Å²) >= 11 is 0. The predicted molar refractivity (Wildman–Crippen MR) is 99.8 cm³/mol. The standard InChI is InChI=1S/C20H19N3O5/c1-20(2)27-18(25)15(19(26)28-20)12-22-16-8-4-3-7-14(16)17(24)23-11-13-6-5-9-21-10-13/h3-10,12,22H,11H2,1-2H3,(H,23,24). The molecule has 2 heterocycles. The molecule has 0 aliphatic carbocycles. The normalized spacial score (nSPS) is 15.3. The molecule has 1 fully saturated rings. The van der Waals surface area contributed by atoms with Gasteiger partial charge >= 0.3 is 11.9 Å². The van der Waals surface area contributed by atoms with Crippen LogP contribution < -0.4 is 10.6 Å². The lowest BCUT2D eigenvalue weighted by Crippen LogP contribution is -2.42. The van der Waals surface area contributed by atoms with Gasteiger partial charge in [-0.25, -0.2) is 9.59 Å². The van der Waals surface area contributed by atoms with Gasteiger partial charge in [-0.2, -0.15) is 0 Å². The number of cyclic esters (lactones) is 2. The lowest BCUT2D eigenvalue weighted by atomic mass is 10.1. The summed E-state index contributed by atoms with van der Waals surface area (Å²) in [6.45, 7) is 3.25. The number of carbonyl (C=O) groups excluding carboxylic acids is 3. The molecule has 2 aromatic rings. The summed E-state index contributed by atoms with van der Waals surface area (Å²) in [7, 11) is 0. The molecular formula is C20H19N3O5. The molecule has 0 bridgehead atoms. The molecule has 8 heteroatoms. The first kappa shape index (κ1) is 19.1. The molecule has 0 spiro atoms. The molecule has 1 aromatic carbocycles. The SMILES string of the molecule is CC1(C)OC(=O)C(=CNc2ccccc2C(=O)NCc2cccnc2)C(=O)O1. The zero-order valence-corrected chi connectivity index (χ0v) is 15.4. The quantitative estimate of drug-likeness (QED) is 0.464. The van der Waals surface area contributed by atoms with Crippen molar-refractivity contribution in [2.24, 2.45) is 0 Å². The van der Waals surface area contributed by atoms with Crippen LogP contribution in [0.5, 0.6) is 0 Å². The first-order valence-corrected chi connectivity index (χ1v) is 8.55. The number of esters is 2. The Labute approximate surface area is 161 Å². The van der Waals surface area contributed by atoms with Crippen LogP contribution in [-0.4, -0.2) is 28.6 Å². The minimum absolute atomic E-state index is 0.287. The van der Waals surface area contributed by atoms with E-state index in [9.17, 15) is 14.4 Å².